The van der Waals surface area contributed by atoms with E-state index in [-0.39, 0.29) is 11.7 Å². The fraction of sp³-hybridized carbons (Fsp3) is 0.150. The monoisotopic (exact) mass is 492 g/mol. The molecule has 0 fully saturated rings. The number of benzene rings is 2. The summed E-state index contributed by atoms with van der Waals surface area (Å²) >= 11 is 11.1. The maximum Gasteiger partial charge on any atom is 0.230 e. The fourth-order valence-electron chi connectivity index (χ4n) is 2.54. The van der Waals surface area contributed by atoms with Crippen LogP contribution in [0.2, 0.25) is 5.02 Å². The van der Waals surface area contributed by atoms with E-state index in [0.29, 0.717) is 28.3 Å². The molecule has 6 nitrogen and oxygen atoms in total. The normalized spacial score (nSPS) is 10.6. The molecule has 0 aliphatic carbocycles. The van der Waals surface area contributed by atoms with Crippen LogP contribution in [0.15, 0.2) is 64.7 Å². The van der Waals surface area contributed by atoms with Gasteiger partial charge in [0.15, 0.2) is 11.0 Å². The molecule has 1 heterocycles. The van der Waals surface area contributed by atoms with Gasteiger partial charge in [0.2, 0.25) is 5.91 Å². The molecule has 0 spiro atoms. The van der Waals surface area contributed by atoms with E-state index in [1.54, 1.807) is 25.3 Å². The SMILES string of the molecule is C=CCNC(=O)CSc1nnc(-c2ccc(Br)cc2)n1-c1ccc(OC)c(Cl)c1. The third kappa shape index (κ3) is 5.20. The highest BCUT2D eigenvalue weighted by atomic mass is 79.9. The van der Waals surface area contributed by atoms with Gasteiger partial charge in [0, 0.05) is 16.6 Å². The Kier molecular flexibility index (Phi) is 7.35. The first-order valence-corrected chi connectivity index (χ1v) is 10.7. The van der Waals surface area contributed by atoms with Gasteiger partial charge in [0.25, 0.3) is 0 Å². The van der Waals surface area contributed by atoms with Crippen molar-refractivity contribution in [2.45, 2.75) is 5.16 Å². The van der Waals surface area contributed by atoms with E-state index in [4.69, 9.17) is 16.3 Å². The summed E-state index contributed by atoms with van der Waals surface area (Å²) in [5, 5.41) is 12.5. The number of halogens is 2. The lowest BCUT2D eigenvalue weighted by Crippen LogP contribution is -2.25. The third-order valence-electron chi connectivity index (χ3n) is 3.91. The first-order valence-electron chi connectivity index (χ1n) is 8.59. The zero-order chi connectivity index (χ0) is 20.8. The molecular formula is C20H18BrClN4O2S. The van der Waals surface area contributed by atoms with Crippen molar-refractivity contribution in [2.75, 3.05) is 19.4 Å². The lowest BCUT2D eigenvalue weighted by Gasteiger charge is -2.12. The van der Waals surface area contributed by atoms with Crippen molar-refractivity contribution < 1.29 is 9.53 Å². The van der Waals surface area contributed by atoms with Crippen LogP contribution >= 0.6 is 39.3 Å². The van der Waals surface area contributed by atoms with Crippen LogP contribution < -0.4 is 10.1 Å². The summed E-state index contributed by atoms with van der Waals surface area (Å²) < 4.78 is 8.09. The van der Waals surface area contributed by atoms with Gasteiger partial charge in [-0.1, -0.05) is 57.5 Å². The molecule has 0 radical (unpaired) electrons. The molecule has 150 valence electrons. The summed E-state index contributed by atoms with van der Waals surface area (Å²) in [4.78, 5) is 12.0. The van der Waals surface area contributed by atoms with Crippen LogP contribution in [-0.4, -0.2) is 40.1 Å². The molecule has 2 aromatic carbocycles. The number of aromatic nitrogens is 3. The van der Waals surface area contributed by atoms with E-state index in [1.807, 2.05) is 34.9 Å². The minimum atomic E-state index is -0.109. The molecule has 0 saturated carbocycles. The summed E-state index contributed by atoms with van der Waals surface area (Å²) in [6, 6.07) is 13.2. The van der Waals surface area contributed by atoms with Crippen LogP contribution in [0.4, 0.5) is 0 Å². The molecule has 0 aliphatic rings. The molecule has 0 unspecified atom stereocenters. The third-order valence-corrected chi connectivity index (χ3v) is 5.66. The molecule has 0 bridgehead atoms. The number of methoxy groups -OCH3 is 1. The van der Waals surface area contributed by atoms with E-state index in [0.717, 1.165) is 15.7 Å². The maximum atomic E-state index is 12.0. The highest BCUT2D eigenvalue weighted by molar-refractivity contribution is 9.10. The molecule has 0 saturated heterocycles. The van der Waals surface area contributed by atoms with Crippen molar-refractivity contribution >= 4 is 45.2 Å². The summed E-state index contributed by atoms with van der Waals surface area (Å²) in [6.45, 7) is 4.02. The Morgan fingerprint density at radius 2 is 2.07 bits per heavy atom. The van der Waals surface area contributed by atoms with Crippen molar-refractivity contribution in [3.8, 4) is 22.8 Å². The van der Waals surface area contributed by atoms with E-state index < -0.39 is 0 Å². The molecule has 3 aromatic rings. The highest BCUT2D eigenvalue weighted by Crippen LogP contribution is 2.32. The predicted octanol–water partition coefficient (Wildman–Crippen LogP) is 4.75. The van der Waals surface area contributed by atoms with Gasteiger partial charge in [-0.3, -0.25) is 9.36 Å². The second-order valence-electron chi connectivity index (χ2n) is 5.85. The average molecular weight is 494 g/mol. The number of ether oxygens (including phenoxy) is 1. The van der Waals surface area contributed by atoms with Crippen molar-refractivity contribution in [3.05, 3.63) is 64.6 Å². The summed E-state index contributed by atoms with van der Waals surface area (Å²) in [6.07, 6.45) is 1.63. The zero-order valence-corrected chi connectivity index (χ0v) is 18.7. The molecule has 29 heavy (non-hydrogen) atoms. The van der Waals surface area contributed by atoms with Gasteiger partial charge in [-0.25, -0.2) is 0 Å². The maximum absolute atomic E-state index is 12.0. The number of hydrogen-bond acceptors (Lipinski definition) is 5. The minimum Gasteiger partial charge on any atom is -0.495 e. The van der Waals surface area contributed by atoms with Gasteiger partial charge in [-0.05, 0) is 30.3 Å². The summed E-state index contributed by atoms with van der Waals surface area (Å²) in [5.74, 6) is 1.32. The molecule has 1 aromatic heterocycles. The second kappa shape index (κ2) is 9.96. The predicted molar refractivity (Wildman–Crippen MR) is 120 cm³/mol. The van der Waals surface area contributed by atoms with Crippen molar-refractivity contribution in [1.29, 1.82) is 0 Å². The Morgan fingerprint density at radius 3 is 2.72 bits per heavy atom. The standard InChI is InChI=1S/C20H18BrClN4O2S/c1-3-10-23-18(27)12-29-20-25-24-19(13-4-6-14(21)7-5-13)26(20)15-8-9-17(28-2)16(22)11-15/h3-9,11H,1,10,12H2,2H3,(H,23,27). The van der Waals surface area contributed by atoms with Gasteiger partial charge in [0.1, 0.15) is 5.75 Å². The van der Waals surface area contributed by atoms with Crippen molar-refractivity contribution in [2.24, 2.45) is 0 Å². The Bertz CT molecular complexity index is 1020. The first-order chi connectivity index (χ1) is 14.0. The van der Waals surface area contributed by atoms with Gasteiger partial charge >= 0.3 is 0 Å². The Balaban J connectivity index is 2.00. The van der Waals surface area contributed by atoms with Gasteiger partial charge in [-0.15, -0.1) is 16.8 Å². The Morgan fingerprint density at radius 1 is 1.31 bits per heavy atom. The number of thioether (sulfide) groups is 1. The van der Waals surface area contributed by atoms with E-state index >= 15 is 0 Å². The second-order valence-corrected chi connectivity index (χ2v) is 8.11. The van der Waals surface area contributed by atoms with Crippen molar-refractivity contribution in [1.82, 2.24) is 20.1 Å². The lowest BCUT2D eigenvalue weighted by molar-refractivity contribution is -0.118. The lowest BCUT2D eigenvalue weighted by atomic mass is 10.2. The number of rotatable bonds is 8. The number of nitrogens with zero attached hydrogens (tertiary/aromatic N) is 3. The fourth-order valence-corrected chi connectivity index (χ4v) is 3.84. The molecule has 9 heteroatoms. The smallest absolute Gasteiger partial charge is 0.230 e. The molecule has 0 atom stereocenters. The minimum absolute atomic E-state index is 0.109. The van der Waals surface area contributed by atoms with Gasteiger partial charge in [-0.2, -0.15) is 0 Å². The van der Waals surface area contributed by atoms with E-state index in [2.05, 4.69) is 38.0 Å². The summed E-state index contributed by atoms with van der Waals surface area (Å²) in [5.41, 5.74) is 1.66. The van der Waals surface area contributed by atoms with Crippen LogP contribution in [-0.2, 0) is 4.79 Å². The number of nitrogens with one attached hydrogen (secondary N) is 1. The van der Waals surface area contributed by atoms with Crippen LogP contribution in [0.25, 0.3) is 17.1 Å². The van der Waals surface area contributed by atoms with Crippen LogP contribution in [0.5, 0.6) is 5.75 Å². The molecule has 0 aliphatic heterocycles. The van der Waals surface area contributed by atoms with E-state index in [1.165, 1.54) is 11.8 Å². The van der Waals surface area contributed by atoms with Crippen LogP contribution in [0, 0.1) is 0 Å². The van der Waals surface area contributed by atoms with E-state index in [9.17, 15) is 4.79 Å². The molecule has 1 amide bonds. The number of amides is 1. The first kappa shape index (κ1) is 21.4. The van der Waals surface area contributed by atoms with Crippen molar-refractivity contribution in [3.63, 3.8) is 0 Å². The van der Waals surface area contributed by atoms with Crippen LogP contribution in [0.1, 0.15) is 0 Å². The summed E-state index contributed by atoms with van der Waals surface area (Å²) in [7, 11) is 1.57. The molecular weight excluding hydrogens is 476 g/mol. The average Bonchev–Trinajstić information content (AvgIpc) is 3.15. The zero-order valence-electron chi connectivity index (χ0n) is 15.6. The topological polar surface area (TPSA) is 69.0 Å². The molecule has 3 rings (SSSR count). The van der Waals surface area contributed by atoms with Gasteiger partial charge < -0.3 is 10.1 Å². The number of hydrogen-bond donors (Lipinski definition) is 1. The van der Waals surface area contributed by atoms with Crippen LogP contribution in [0.3, 0.4) is 0 Å². The highest BCUT2D eigenvalue weighted by Gasteiger charge is 2.18. The Hall–Kier alpha value is -2.29. The van der Waals surface area contributed by atoms with Gasteiger partial charge in [0.05, 0.1) is 23.6 Å². The number of carbonyl (C=O) groups is 1. The Labute approximate surface area is 186 Å². The molecule has 1 N–H and O–H groups in total. The number of carbonyl (C=O) groups excluding carboxylic acids is 1. The largest absolute Gasteiger partial charge is 0.495 e. The quantitative estimate of drug-likeness (QED) is 0.362.